The molecule has 0 aromatic carbocycles. The summed E-state index contributed by atoms with van der Waals surface area (Å²) in [5, 5.41) is 12.0. The fourth-order valence-electron chi connectivity index (χ4n) is 1.66. The summed E-state index contributed by atoms with van der Waals surface area (Å²) in [4.78, 5) is 11.5. The first kappa shape index (κ1) is 11.5. The normalized spacial score (nSPS) is 21.1. The molecule has 0 bridgehead atoms. The van der Waals surface area contributed by atoms with Crippen LogP contribution in [0.3, 0.4) is 0 Å². The molecule has 1 aliphatic rings. The summed E-state index contributed by atoms with van der Waals surface area (Å²) < 4.78 is 0. The van der Waals surface area contributed by atoms with Crippen LogP contribution in [-0.2, 0) is 4.79 Å². The molecule has 1 atom stereocenters. The molecule has 1 amide bonds. The predicted molar refractivity (Wildman–Crippen MR) is 54.7 cm³/mol. The van der Waals surface area contributed by atoms with Gasteiger partial charge in [-0.25, -0.2) is 0 Å². The third-order valence-electron chi connectivity index (χ3n) is 2.99. The van der Waals surface area contributed by atoms with E-state index in [1.807, 2.05) is 6.92 Å². The number of aliphatic hydroxyl groups excluding tert-OH is 1. The minimum absolute atomic E-state index is 0.0342. The van der Waals surface area contributed by atoms with Crippen molar-refractivity contribution in [3.8, 4) is 0 Å². The fourth-order valence-corrected chi connectivity index (χ4v) is 1.66. The molecular weight excluding hydrogens is 180 g/mol. The minimum Gasteiger partial charge on any atom is -0.394 e. The van der Waals surface area contributed by atoms with Gasteiger partial charge in [0.2, 0.25) is 5.91 Å². The van der Waals surface area contributed by atoms with Gasteiger partial charge in [-0.2, -0.15) is 0 Å². The second kappa shape index (κ2) is 4.75. The lowest BCUT2D eigenvalue weighted by Crippen LogP contribution is -2.56. The van der Waals surface area contributed by atoms with E-state index in [-0.39, 0.29) is 24.1 Å². The molecule has 0 radical (unpaired) electrons. The Labute approximate surface area is 84.9 Å². The number of aliphatic hydroxyl groups is 1. The summed E-state index contributed by atoms with van der Waals surface area (Å²) in [7, 11) is 0. The summed E-state index contributed by atoms with van der Waals surface area (Å²) in [5.74, 6) is -0.0342. The van der Waals surface area contributed by atoms with Gasteiger partial charge in [0.05, 0.1) is 12.1 Å². The van der Waals surface area contributed by atoms with E-state index in [1.165, 1.54) is 0 Å². The van der Waals surface area contributed by atoms with Crippen molar-refractivity contribution < 1.29 is 9.90 Å². The molecule has 0 heterocycles. The van der Waals surface area contributed by atoms with Crippen LogP contribution in [0, 0.1) is 0 Å². The van der Waals surface area contributed by atoms with Crippen LogP contribution in [0.1, 0.15) is 39.0 Å². The number of carbonyl (C=O) groups is 1. The molecule has 4 N–H and O–H groups in total. The highest BCUT2D eigenvalue weighted by molar-refractivity contribution is 5.77. The molecule has 1 unspecified atom stereocenters. The smallest absolute Gasteiger partial charge is 0.222 e. The SMILES string of the molecule is CCC(N)CC(=O)NC1(CO)CCC1. The number of hydrogen-bond acceptors (Lipinski definition) is 3. The van der Waals surface area contributed by atoms with Gasteiger partial charge in [0.15, 0.2) is 0 Å². The van der Waals surface area contributed by atoms with Gasteiger partial charge in [-0.15, -0.1) is 0 Å². The highest BCUT2D eigenvalue weighted by Crippen LogP contribution is 2.31. The topological polar surface area (TPSA) is 75.4 Å². The van der Waals surface area contributed by atoms with Gasteiger partial charge in [-0.3, -0.25) is 4.79 Å². The Bertz CT molecular complexity index is 197. The van der Waals surface area contributed by atoms with E-state index in [2.05, 4.69) is 5.32 Å². The average Bonchev–Trinajstić information content (AvgIpc) is 2.11. The zero-order valence-corrected chi connectivity index (χ0v) is 8.75. The van der Waals surface area contributed by atoms with Crippen LogP contribution in [0.4, 0.5) is 0 Å². The monoisotopic (exact) mass is 200 g/mol. The Hall–Kier alpha value is -0.610. The van der Waals surface area contributed by atoms with Crippen molar-refractivity contribution in [1.82, 2.24) is 5.32 Å². The van der Waals surface area contributed by atoms with Gasteiger partial charge >= 0.3 is 0 Å². The zero-order chi connectivity index (χ0) is 10.6. The Balaban J connectivity index is 2.32. The van der Waals surface area contributed by atoms with E-state index in [0.29, 0.717) is 6.42 Å². The van der Waals surface area contributed by atoms with Crippen LogP contribution in [0.5, 0.6) is 0 Å². The molecule has 1 saturated carbocycles. The number of nitrogens with one attached hydrogen (secondary N) is 1. The third-order valence-corrected chi connectivity index (χ3v) is 2.99. The Morgan fingerprint density at radius 2 is 2.29 bits per heavy atom. The lowest BCUT2D eigenvalue weighted by Gasteiger charge is -2.41. The van der Waals surface area contributed by atoms with E-state index in [4.69, 9.17) is 10.8 Å². The lowest BCUT2D eigenvalue weighted by atomic mass is 9.77. The largest absolute Gasteiger partial charge is 0.394 e. The van der Waals surface area contributed by atoms with Crippen LogP contribution < -0.4 is 11.1 Å². The fraction of sp³-hybridized carbons (Fsp3) is 0.900. The van der Waals surface area contributed by atoms with E-state index < -0.39 is 0 Å². The number of amides is 1. The van der Waals surface area contributed by atoms with Crippen LogP contribution in [0.15, 0.2) is 0 Å². The molecule has 0 saturated heterocycles. The zero-order valence-electron chi connectivity index (χ0n) is 8.75. The van der Waals surface area contributed by atoms with E-state index >= 15 is 0 Å². The molecule has 0 aliphatic heterocycles. The van der Waals surface area contributed by atoms with Crippen molar-refractivity contribution in [2.45, 2.75) is 50.6 Å². The van der Waals surface area contributed by atoms with E-state index in [9.17, 15) is 4.79 Å². The number of hydrogen-bond donors (Lipinski definition) is 3. The van der Waals surface area contributed by atoms with Gasteiger partial charge in [0.25, 0.3) is 0 Å². The lowest BCUT2D eigenvalue weighted by molar-refractivity contribution is -0.125. The third kappa shape index (κ3) is 2.69. The van der Waals surface area contributed by atoms with Crippen molar-refractivity contribution in [1.29, 1.82) is 0 Å². The van der Waals surface area contributed by atoms with Crippen molar-refractivity contribution >= 4 is 5.91 Å². The summed E-state index contributed by atoms with van der Waals surface area (Å²) in [6.07, 6.45) is 4.02. The molecule has 0 aromatic rings. The van der Waals surface area contributed by atoms with Gasteiger partial charge < -0.3 is 16.2 Å². The Morgan fingerprint density at radius 3 is 2.64 bits per heavy atom. The summed E-state index contributed by atoms with van der Waals surface area (Å²) in [6, 6.07) is -0.0641. The maximum absolute atomic E-state index is 11.5. The maximum Gasteiger partial charge on any atom is 0.222 e. The number of rotatable bonds is 5. The van der Waals surface area contributed by atoms with Gasteiger partial charge in [0.1, 0.15) is 0 Å². The second-order valence-corrected chi connectivity index (χ2v) is 4.21. The average molecular weight is 200 g/mol. The van der Waals surface area contributed by atoms with Crippen LogP contribution in [-0.4, -0.2) is 29.2 Å². The molecule has 1 fully saturated rings. The molecule has 4 heteroatoms. The molecule has 14 heavy (non-hydrogen) atoms. The first-order valence-electron chi connectivity index (χ1n) is 5.29. The van der Waals surface area contributed by atoms with Crippen LogP contribution >= 0.6 is 0 Å². The van der Waals surface area contributed by atoms with Crippen LogP contribution in [0.2, 0.25) is 0 Å². The Morgan fingerprint density at radius 1 is 1.64 bits per heavy atom. The van der Waals surface area contributed by atoms with E-state index in [0.717, 1.165) is 25.7 Å². The first-order chi connectivity index (χ1) is 6.62. The molecule has 0 aromatic heterocycles. The standard InChI is InChI=1S/C10H20N2O2/c1-2-8(11)6-9(14)12-10(7-13)4-3-5-10/h8,13H,2-7,11H2,1H3,(H,12,14). The molecule has 0 spiro atoms. The summed E-state index contributed by atoms with van der Waals surface area (Å²) in [5.41, 5.74) is 5.34. The second-order valence-electron chi connectivity index (χ2n) is 4.21. The molecular formula is C10H20N2O2. The maximum atomic E-state index is 11.5. The van der Waals surface area contributed by atoms with Gasteiger partial charge in [-0.1, -0.05) is 6.92 Å². The van der Waals surface area contributed by atoms with Crippen molar-refractivity contribution in [2.24, 2.45) is 5.73 Å². The van der Waals surface area contributed by atoms with Crippen molar-refractivity contribution in [2.75, 3.05) is 6.61 Å². The van der Waals surface area contributed by atoms with E-state index in [1.54, 1.807) is 0 Å². The molecule has 1 rings (SSSR count). The van der Waals surface area contributed by atoms with Crippen LogP contribution in [0.25, 0.3) is 0 Å². The summed E-state index contributed by atoms with van der Waals surface area (Å²) >= 11 is 0. The molecule has 1 aliphatic carbocycles. The Kier molecular flexibility index (Phi) is 3.89. The van der Waals surface area contributed by atoms with Gasteiger partial charge in [-0.05, 0) is 25.7 Å². The van der Waals surface area contributed by atoms with Crippen molar-refractivity contribution in [3.63, 3.8) is 0 Å². The van der Waals surface area contributed by atoms with Gasteiger partial charge in [0, 0.05) is 12.5 Å². The van der Waals surface area contributed by atoms with Crippen molar-refractivity contribution in [3.05, 3.63) is 0 Å². The molecule has 82 valence electrons. The quantitative estimate of drug-likeness (QED) is 0.591. The highest BCUT2D eigenvalue weighted by Gasteiger charge is 2.37. The number of carbonyl (C=O) groups excluding carboxylic acids is 1. The highest BCUT2D eigenvalue weighted by atomic mass is 16.3. The molecule has 4 nitrogen and oxygen atoms in total. The number of nitrogens with two attached hydrogens (primary N) is 1. The minimum atomic E-state index is -0.329. The predicted octanol–water partition coefficient (Wildman–Crippen LogP) is 0.145. The summed E-state index contributed by atoms with van der Waals surface area (Å²) in [6.45, 7) is 2.00. The first-order valence-corrected chi connectivity index (χ1v) is 5.29.